The van der Waals surface area contributed by atoms with Gasteiger partial charge in [0.15, 0.2) is 18.2 Å². The fourth-order valence-electron chi connectivity index (χ4n) is 2.25. The van der Waals surface area contributed by atoms with Crippen LogP contribution >= 0.6 is 0 Å². The summed E-state index contributed by atoms with van der Waals surface area (Å²) in [5.41, 5.74) is 0.783. The van der Waals surface area contributed by atoms with Gasteiger partial charge in [-0.3, -0.25) is 4.79 Å². The van der Waals surface area contributed by atoms with E-state index in [0.717, 1.165) is 11.0 Å². The summed E-state index contributed by atoms with van der Waals surface area (Å²) in [5.74, 6) is 0.0138. The number of likely N-dealkylation sites (N-methyl/N-ethyl adjacent to an activating group) is 1. The molecule has 0 unspecified atom stereocenters. The van der Waals surface area contributed by atoms with Gasteiger partial charge in [0.2, 0.25) is 0 Å². The van der Waals surface area contributed by atoms with E-state index in [1.165, 1.54) is 17.0 Å². The summed E-state index contributed by atoms with van der Waals surface area (Å²) in [7, 11) is 1.65. The molecule has 4 nitrogen and oxygen atoms in total. The molecule has 0 spiro atoms. The van der Waals surface area contributed by atoms with Gasteiger partial charge in [-0.2, -0.15) is 0 Å². The fraction of sp³-hybridized carbons (Fsp3) is 0.167. The summed E-state index contributed by atoms with van der Waals surface area (Å²) in [5, 5.41) is 0.992. The first-order chi connectivity index (χ1) is 11.1. The monoisotopic (exact) mass is 313 g/mol. The Labute approximate surface area is 133 Å². The number of ether oxygens (including phenoxy) is 1. The van der Waals surface area contributed by atoms with E-state index in [1.807, 2.05) is 30.3 Å². The van der Waals surface area contributed by atoms with Gasteiger partial charge in [-0.05, 0) is 24.3 Å². The number of amides is 1. The minimum atomic E-state index is -0.486. The number of carbonyl (C=O) groups is 1. The van der Waals surface area contributed by atoms with Crippen molar-refractivity contribution in [1.82, 2.24) is 4.90 Å². The number of rotatable bonds is 5. The van der Waals surface area contributed by atoms with E-state index in [0.29, 0.717) is 12.3 Å². The van der Waals surface area contributed by atoms with Crippen molar-refractivity contribution in [3.8, 4) is 5.75 Å². The predicted octanol–water partition coefficient (Wildman–Crippen LogP) is 3.61. The molecule has 0 atom stereocenters. The molecule has 3 aromatic rings. The van der Waals surface area contributed by atoms with Gasteiger partial charge in [-0.1, -0.05) is 30.3 Å². The minimum Gasteiger partial charge on any atom is -0.481 e. The van der Waals surface area contributed by atoms with Crippen molar-refractivity contribution in [3.63, 3.8) is 0 Å². The largest absolute Gasteiger partial charge is 0.481 e. The molecule has 2 aromatic carbocycles. The number of carbonyl (C=O) groups excluding carboxylic acids is 1. The Bertz CT molecular complexity index is 795. The van der Waals surface area contributed by atoms with Crippen molar-refractivity contribution >= 4 is 16.9 Å². The standard InChI is InChI=1S/C18H16FNO3/c1-20(11-14-10-13-6-2-4-8-16(13)23-14)18(21)12-22-17-9-5-3-7-15(17)19/h2-10H,11-12H2,1H3. The molecule has 0 aliphatic rings. The van der Waals surface area contributed by atoms with Gasteiger partial charge in [-0.15, -0.1) is 0 Å². The molecular weight excluding hydrogens is 297 g/mol. The summed E-state index contributed by atoms with van der Waals surface area (Å²) in [6.07, 6.45) is 0. The molecule has 1 amide bonds. The van der Waals surface area contributed by atoms with Crippen LogP contribution in [0.4, 0.5) is 4.39 Å². The van der Waals surface area contributed by atoms with Crippen LogP contribution in [0, 0.1) is 5.82 Å². The lowest BCUT2D eigenvalue weighted by Crippen LogP contribution is -2.30. The topological polar surface area (TPSA) is 42.7 Å². The minimum absolute atomic E-state index is 0.0676. The van der Waals surface area contributed by atoms with Gasteiger partial charge >= 0.3 is 0 Å². The van der Waals surface area contributed by atoms with Crippen LogP contribution in [0.25, 0.3) is 11.0 Å². The number of nitrogens with zero attached hydrogens (tertiary/aromatic N) is 1. The molecule has 0 aliphatic carbocycles. The molecule has 0 radical (unpaired) electrons. The van der Waals surface area contributed by atoms with Gasteiger partial charge in [0.25, 0.3) is 5.91 Å². The van der Waals surface area contributed by atoms with Gasteiger partial charge < -0.3 is 14.1 Å². The second-order valence-electron chi connectivity index (χ2n) is 5.22. The molecule has 0 saturated heterocycles. The highest BCUT2D eigenvalue weighted by molar-refractivity contribution is 5.79. The molecular formula is C18H16FNO3. The first-order valence-corrected chi connectivity index (χ1v) is 7.22. The molecule has 0 fully saturated rings. The maximum atomic E-state index is 13.4. The van der Waals surface area contributed by atoms with E-state index in [-0.39, 0.29) is 18.3 Å². The number of para-hydroxylation sites is 2. The van der Waals surface area contributed by atoms with Crippen molar-refractivity contribution in [2.75, 3.05) is 13.7 Å². The Morgan fingerprint density at radius 3 is 2.70 bits per heavy atom. The van der Waals surface area contributed by atoms with Crippen molar-refractivity contribution in [3.05, 3.63) is 66.2 Å². The quantitative estimate of drug-likeness (QED) is 0.722. The van der Waals surface area contributed by atoms with Crippen LogP contribution in [0.15, 0.2) is 59.0 Å². The lowest BCUT2D eigenvalue weighted by Gasteiger charge is -2.16. The van der Waals surface area contributed by atoms with Crippen LogP contribution < -0.4 is 4.74 Å². The van der Waals surface area contributed by atoms with Crippen molar-refractivity contribution in [2.45, 2.75) is 6.54 Å². The molecule has 0 bridgehead atoms. The fourth-order valence-corrected chi connectivity index (χ4v) is 2.25. The average molecular weight is 313 g/mol. The maximum absolute atomic E-state index is 13.4. The number of hydrogen-bond acceptors (Lipinski definition) is 3. The third-order valence-corrected chi connectivity index (χ3v) is 3.48. The van der Waals surface area contributed by atoms with Crippen LogP contribution in [0.5, 0.6) is 5.75 Å². The Hall–Kier alpha value is -2.82. The lowest BCUT2D eigenvalue weighted by molar-refractivity contribution is -0.132. The summed E-state index contributed by atoms with van der Waals surface area (Å²) in [6, 6.07) is 15.5. The molecule has 1 heterocycles. The van der Waals surface area contributed by atoms with Crippen molar-refractivity contribution in [1.29, 1.82) is 0 Å². The number of benzene rings is 2. The zero-order valence-corrected chi connectivity index (χ0v) is 12.7. The van der Waals surface area contributed by atoms with Crippen LogP contribution in [0.1, 0.15) is 5.76 Å². The lowest BCUT2D eigenvalue weighted by atomic mass is 10.2. The van der Waals surface area contributed by atoms with Gasteiger partial charge in [-0.25, -0.2) is 4.39 Å². The normalized spacial score (nSPS) is 10.7. The second kappa shape index (κ2) is 6.52. The molecule has 5 heteroatoms. The van der Waals surface area contributed by atoms with Gasteiger partial charge in [0.05, 0.1) is 6.54 Å². The van der Waals surface area contributed by atoms with E-state index in [2.05, 4.69) is 0 Å². The first kappa shape index (κ1) is 15.1. The zero-order valence-electron chi connectivity index (χ0n) is 12.7. The SMILES string of the molecule is CN(Cc1cc2ccccc2o1)C(=O)COc1ccccc1F. The Balaban J connectivity index is 1.60. The predicted molar refractivity (Wildman–Crippen MR) is 84.6 cm³/mol. The van der Waals surface area contributed by atoms with Crippen LogP contribution in [0.3, 0.4) is 0 Å². The highest BCUT2D eigenvalue weighted by atomic mass is 19.1. The van der Waals surface area contributed by atoms with Crippen LogP contribution in [0.2, 0.25) is 0 Å². The average Bonchev–Trinajstić information content (AvgIpc) is 2.96. The zero-order chi connectivity index (χ0) is 16.2. The molecule has 3 rings (SSSR count). The van der Waals surface area contributed by atoms with Gasteiger partial charge in [0.1, 0.15) is 11.3 Å². The van der Waals surface area contributed by atoms with E-state index in [4.69, 9.17) is 9.15 Å². The molecule has 23 heavy (non-hydrogen) atoms. The second-order valence-corrected chi connectivity index (χ2v) is 5.22. The Morgan fingerprint density at radius 2 is 1.91 bits per heavy atom. The molecule has 1 aromatic heterocycles. The number of fused-ring (bicyclic) bond motifs is 1. The van der Waals surface area contributed by atoms with E-state index >= 15 is 0 Å². The third kappa shape index (κ3) is 3.51. The maximum Gasteiger partial charge on any atom is 0.260 e. The van der Waals surface area contributed by atoms with Crippen molar-refractivity contribution in [2.24, 2.45) is 0 Å². The summed E-state index contributed by atoms with van der Waals surface area (Å²) >= 11 is 0. The van der Waals surface area contributed by atoms with E-state index in [9.17, 15) is 9.18 Å². The smallest absolute Gasteiger partial charge is 0.260 e. The Kier molecular flexibility index (Phi) is 4.28. The summed E-state index contributed by atoms with van der Waals surface area (Å²) < 4.78 is 24.3. The number of halogens is 1. The Morgan fingerprint density at radius 1 is 1.17 bits per heavy atom. The highest BCUT2D eigenvalue weighted by Crippen LogP contribution is 2.20. The molecule has 0 aliphatic heterocycles. The highest BCUT2D eigenvalue weighted by Gasteiger charge is 2.13. The third-order valence-electron chi connectivity index (χ3n) is 3.48. The summed E-state index contributed by atoms with van der Waals surface area (Å²) in [4.78, 5) is 13.6. The van der Waals surface area contributed by atoms with Crippen LogP contribution in [-0.4, -0.2) is 24.5 Å². The van der Waals surface area contributed by atoms with Gasteiger partial charge in [0, 0.05) is 12.4 Å². The van der Waals surface area contributed by atoms with E-state index in [1.54, 1.807) is 19.2 Å². The van der Waals surface area contributed by atoms with E-state index < -0.39 is 5.82 Å². The van der Waals surface area contributed by atoms with Crippen molar-refractivity contribution < 1.29 is 18.3 Å². The first-order valence-electron chi connectivity index (χ1n) is 7.22. The number of furan rings is 1. The number of hydrogen-bond donors (Lipinski definition) is 0. The van der Waals surface area contributed by atoms with Crippen LogP contribution in [-0.2, 0) is 11.3 Å². The molecule has 118 valence electrons. The molecule has 0 N–H and O–H groups in total. The molecule has 0 saturated carbocycles. The summed E-state index contributed by atoms with van der Waals surface area (Å²) in [6.45, 7) is 0.103.